The molecule has 0 heterocycles. The van der Waals surface area contributed by atoms with Gasteiger partial charge in [-0.1, -0.05) is 39.0 Å². The van der Waals surface area contributed by atoms with Crippen molar-refractivity contribution in [2.45, 2.75) is 96.8 Å². The first-order chi connectivity index (χ1) is 11.5. The zero-order chi connectivity index (χ0) is 17.8. The van der Waals surface area contributed by atoms with Crippen LogP contribution in [-0.2, 0) is 14.4 Å². The molecule has 0 aromatic rings. The lowest BCUT2D eigenvalue weighted by molar-refractivity contribution is -0.137. The molecule has 0 bridgehead atoms. The third-order valence-electron chi connectivity index (χ3n) is 5.25. The van der Waals surface area contributed by atoms with Crippen molar-refractivity contribution in [2.75, 3.05) is 0 Å². The first-order valence-electron chi connectivity index (χ1n) is 9.80. The molecule has 0 spiro atoms. The van der Waals surface area contributed by atoms with E-state index in [9.17, 15) is 14.4 Å². The summed E-state index contributed by atoms with van der Waals surface area (Å²) >= 11 is 0. The molecule has 1 aliphatic carbocycles. The highest BCUT2D eigenvalue weighted by Crippen LogP contribution is 2.36. The maximum absolute atomic E-state index is 12.1. The Kier molecular flexibility index (Phi) is 10.6. The van der Waals surface area contributed by atoms with Crippen LogP contribution < -0.4 is 0 Å². The molecular weight excluding hydrogens is 304 g/mol. The smallest absolute Gasteiger partial charge is 0.303 e. The van der Waals surface area contributed by atoms with Crippen LogP contribution in [0.5, 0.6) is 0 Å². The summed E-state index contributed by atoms with van der Waals surface area (Å²) < 4.78 is 0. The van der Waals surface area contributed by atoms with Gasteiger partial charge >= 0.3 is 5.97 Å². The molecule has 138 valence electrons. The van der Waals surface area contributed by atoms with Gasteiger partial charge < -0.3 is 5.11 Å². The van der Waals surface area contributed by atoms with E-state index in [0.717, 1.165) is 64.2 Å². The number of unbranched alkanes of at least 4 members (excludes halogenated alkanes) is 5. The number of carbonyl (C=O) groups is 3. The molecule has 1 N–H and O–H groups in total. The van der Waals surface area contributed by atoms with Gasteiger partial charge in [0.1, 0.15) is 11.6 Å². The second-order valence-electron chi connectivity index (χ2n) is 7.25. The van der Waals surface area contributed by atoms with E-state index in [-0.39, 0.29) is 12.3 Å². The van der Waals surface area contributed by atoms with E-state index in [1.165, 1.54) is 0 Å². The molecule has 4 nitrogen and oxygen atoms in total. The second kappa shape index (κ2) is 12.2. The number of hydrogen-bond donors (Lipinski definition) is 1. The maximum Gasteiger partial charge on any atom is 0.303 e. The van der Waals surface area contributed by atoms with Crippen molar-refractivity contribution in [1.29, 1.82) is 0 Å². The molecule has 0 radical (unpaired) electrons. The molecule has 1 fully saturated rings. The van der Waals surface area contributed by atoms with Crippen LogP contribution in [0.25, 0.3) is 0 Å². The van der Waals surface area contributed by atoms with Gasteiger partial charge in [0.05, 0.1) is 0 Å². The van der Waals surface area contributed by atoms with Crippen LogP contribution in [0, 0.1) is 11.8 Å². The average molecular weight is 338 g/mol. The standard InChI is InChI=1S/C20H34O4/c1-2-3-6-9-17(21)14-12-16-13-15-19(22)18(16)10-7-4-5-8-11-20(23)24/h16,18H,2-15H2,1H3,(H,23,24)/t16-,18+/m1/s1. The zero-order valence-corrected chi connectivity index (χ0v) is 15.2. The molecule has 0 unspecified atom stereocenters. The number of carboxylic acid groups (broad SMARTS) is 1. The third-order valence-corrected chi connectivity index (χ3v) is 5.25. The molecule has 0 saturated heterocycles. The molecular formula is C20H34O4. The van der Waals surface area contributed by atoms with Gasteiger partial charge in [-0.25, -0.2) is 0 Å². The van der Waals surface area contributed by atoms with E-state index in [2.05, 4.69) is 6.92 Å². The average Bonchev–Trinajstić information content (AvgIpc) is 2.89. The summed E-state index contributed by atoms with van der Waals surface area (Å²) in [5.41, 5.74) is 0. The number of aliphatic carboxylic acids is 1. The van der Waals surface area contributed by atoms with Gasteiger partial charge in [0.15, 0.2) is 0 Å². The minimum atomic E-state index is -0.732. The van der Waals surface area contributed by atoms with Crippen LogP contribution in [0.15, 0.2) is 0 Å². The van der Waals surface area contributed by atoms with Gasteiger partial charge in [0.25, 0.3) is 0 Å². The lowest BCUT2D eigenvalue weighted by Crippen LogP contribution is -2.16. The molecule has 0 aliphatic heterocycles. The Bertz CT molecular complexity index is 402. The minimum Gasteiger partial charge on any atom is -0.481 e. The predicted molar refractivity (Wildman–Crippen MR) is 94.9 cm³/mol. The number of carboxylic acids is 1. The summed E-state index contributed by atoms with van der Waals surface area (Å²) in [7, 11) is 0. The monoisotopic (exact) mass is 338 g/mol. The van der Waals surface area contributed by atoms with Crippen molar-refractivity contribution < 1.29 is 19.5 Å². The Hall–Kier alpha value is -1.19. The maximum atomic E-state index is 12.1. The van der Waals surface area contributed by atoms with E-state index in [1.54, 1.807) is 0 Å². The second-order valence-corrected chi connectivity index (χ2v) is 7.25. The van der Waals surface area contributed by atoms with E-state index in [4.69, 9.17) is 5.11 Å². The van der Waals surface area contributed by atoms with Crippen LogP contribution in [0.4, 0.5) is 0 Å². The molecule has 0 aromatic heterocycles. The number of rotatable bonds is 14. The summed E-state index contributed by atoms with van der Waals surface area (Å²) in [6, 6.07) is 0. The van der Waals surface area contributed by atoms with Crippen LogP contribution in [0.2, 0.25) is 0 Å². The topological polar surface area (TPSA) is 71.4 Å². The molecule has 0 amide bonds. The Morgan fingerprint density at radius 1 is 0.958 bits per heavy atom. The van der Waals surface area contributed by atoms with Crippen molar-refractivity contribution >= 4 is 17.5 Å². The lowest BCUT2D eigenvalue weighted by Gasteiger charge is -2.18. The lowest BCUT2D eigenvalue weighted by atomic mass is 9.86. The Labute approximate surface area is 146 Å². The quantitative estimate of drug-likeness (QED) is 0.455. The molecule has 4 heteroatoms. The van der Waals surface area contributed by atoms with Gasteiger partial charge in [0.2, 0.25) is 0 Å². The first-order valence-corrected chi connectivity index (χ1v) is 9.80. The molecule has 2 atom stereocenters. The summed E-state index contributed by atoms with van der Waals surface area (Å²) in [5, 5.41) is 8.61. The van der Waals surface area contributed by atoms with Gasteiger partial charge in [0, 0.05) is 31.6 Å². The molecule has 0 aromatic carbocycles. The number of Topliss-reactive ketones (excluding diaryl/α,β-unsaturated/α-hetero) is 2. The summed E-state index contributed by atoms with van der Waals surface area (Å²) in [5.74, 6) is 0.545. The SMILES string of the molecule is CCCCCC(=O)CC[C@@H]1CCC(=O)[C@H]1CCCCCCC(=O)O. The van der Waals surface area contributed by atoms with E-state index >= 15 is 0 Å². The largest absolute Gasteiger partial charge is 0.481 e. The van der Waals surface area contributed by atoms with Gasteiger partial charge in [-0.3, -0.25) is 14.4 Å². The van der Waals surface area contributed by atoms with Crippen molar-refractivity contribution in [3.05, 3.63) is 0 Å². The fraction of sp³-hybridized carbons (Fsp3) is 0.850. The highest BCUT2D eigenvalue weighted by molar-refractivity contribution is 5.83. The number of hydrogen-bond acceptors (Lipinski definition) is 3. The Morgan fingerprint density at radius 3 is 2.38 bits per heavy atom. The summed E-state index contributed by atoms with van der Waals surface area (Å²) in [6.45, 7) is 2.14. The fourth-order valence-corrected chi connectivity index (χ4v) is 3.76. The van der Waals surface area contributed by atoms with Crippen LogP contribution >= 0.6 is 0 Å². The van der Waals surface area contributed by atoms with Crippen molar-refractivity contribution in [1.82, 2.24) is 0 Å². The van der Waals surface area contributed by atoms with Gasteiger partial charge in [-0.15, -0.1) is 0 Å². The number of carbonyl (C=O) groups excluding carboxylic acids is 2. The predicted octanol–water partition coefficient (Wildman–Crippen LogP) is 4.94. The van der Waals surface area contributed by atoms with Gasteiger partial charge in [-0.2, -0.15) is 0 Å². The van der Waals surface area contributed by atoms with E-state index in [0.29, 0.717) is 36.7 Å². The van der Waals surface area contributed by atoms with Gasteiger partial charge in [-0.05, 0) is 38.0 Å². The van der Waals surface area contributed by atoms with Crippen LogP contribution in [0.1, 0.15) is 96.8 Å². The fourth-order valence-electron chi connectivity index (χ4n) is 3.76. The third kappa shape index (κ3) is 8.60. The molecule has 24 heavy (non-hydrogen) atoms. The van der Waals surface area contributed by atoms with E-state index in [1.807, 2.05) is 0 Å². The van der Waals surface area contributed by atoms with Crippen LogP contribution in [-0.4, -0.2) is 22.6 Å². The molecule has 1 rings (SSSR count). The molecule has 1 aliphatic rings. The van der Waals surface area contributed by atoms with E-state index < -0.39 is 5.97 Å². The normalized spacial score (nSPS) is 20.5. The first kappa shape index (κ1) is 20.9. The number of ketones is 2. The van der Waals surface area contributed by atoms with Crippen molar-refractivity contribution in [3.63, 3.8) is 0 Å². The van der Waals surface area contributed by atoms with Crippen LogP contribution in [0.3, 0.4) is 0 Å². The summed E-state index contributed by atoms with van der Waals surface area (Å²) in [4.78, 5) is 34.5. The minimum absolute atomic E-state index is 0.146. The Balaban J connectivity index is 2.20. The van der Waals surface area contributed by atoms with Crippen molar-refractivity contribution in [3.8, 4) is 0 Å². The Morgan fingerprint density at radius 2 is 1.67 bits per heavy atom. The molecule has 1 saturated carbocycles. The summed E-state index contributed by atoms with van der Waals surface area (Å²) in [6.07, 6.45) is 11.9. The highest BCUT2D eigenvalue weighted by atomic mass is 16.4. The van der Waals surface area contributed by atoms with Crippen molar-refractivity contribution in [2.24, 2.45) is 11.8 Å². The highest BCUT2D eigenvalue weighted by Gasteiger charge is 2.33. The zero-order valence-electron chi connectivity index (χ0n) is 15.2.